The molecule has 3 heteroatoms. The van der Waals surface area contributed by atoms with E-state index in [0.29, 0.717) is 23.8 Å². The highest BCUT2D eigenvalue weighted by atomic mass is 35.5. The number of benzene rings is 2. The summed E-state index contributed by atoms with van der Waals surface area (Å²) in [4.78, 5) is 10.4. The van der Waals surface area contributed by atoms with E-state index >= 15 is 0 Å². The van der Waals surface area contributed by atoms with Gasteiger partial charge in [0, 0.05) is 11.4 Å². The van der Waals surface area contributed by atoms with Crippen LogP contribution in [0, 0.1) is 0 Å². The summed E-state index contributed by atoms with van der Waals surface area (Å²) in [6.45, 7) is 0.504. The van der Waals surface area contributed by atoms with Crippen LogP contribution in [0.25, 0.3) is 0 Å². The van der Waals surface area contributed by atoms with E-state index in [1.165, 1.54) is 0 Å². The average Bonchev–Trinajstić information content (AvgIpc) is 2.41. The summed E-state index contributed by atoms with van der Waals surface area (Å²) in [5.74, 6) is 0.707. The maximum Gasteiger partial charge on any atom is 0.124 e. The van der Waals surface area contributed by atoms with Gasteiger partial charge in [-0.3, -0.25) is 0 Å². The summed E-state index contributed by atoms with van der Waals surface area (Å²) in [5, 5.41) is 0.563. The Kier molecular flexibility index (Phi) is 4.37. The first-order valence-corrected chi connectivity index (χ1v) is 6.06. The Morgan fingerprint density at radius 3 is 2.56 bits per heavy atom. The third kappa shape index (κ3) is 3.34. The van der Waals surface area contributed by atoms with Gasteiger partial charge in [-0.25, -0.2) is 0 Å². The van der Waals surface area contributed by atoms with Crippen molar-refractivity contribution in [2.45, 2.75) is 13.0 Å². The fourth-order valence-corrected chi connectivity index (χ4v) is 1.86. The molecular formula is C15H13ClO2. The van der Waals surface area contributed by atoms with E-state index in [9.17, 15) is 4.79 Å². The Labute approximate surface area is 111 Å². The lowest BCUT2D eigenvalue weighted by Crippen LogP contribution is -1.96. The Morgan fingerprint density at radius 2 is 1.89 bits per heavy atom. The lowest BCUT2D eigenvalue weighted by Gasteiger charge is -2.08. The van der Waals surface area contributed by atoms with Gasteiger partial charge in [0.05, 0.1) is 0 Å². The van der Waals surface area contributed by atoms with Crippen LogP contribution < -0.4 is 4.74 Å². The zero-order valence-corrected chi connectivity index (χ0v) is 10.6. The number of ether oxygens (including phenoxy) is 1. The molecule has 0 saturated carbocycles. The second-order valence-electron chi connectivity index (χ2n) is 3.90. The Hall–Kier alpha value is -1.80. The van der Waals surface area contributed by atoms with Crippen LogP contribution in [0.15, 0.2) is 48.5 Å². The molecule has 0 aliphatic carbocycles. The number of hydrogen-bond acceptors (Lipinski definition) is 2. The van der Waals surface area contributed by atoms with Gasteiger partial charge in [0.25, 0.3) is 0 Å². The van der Waals surface area contributed by atoms with Crippen LogP contribution in [-0.4, -0.2) is 6.29 Å². The van der Waals surface area contributed by atoms with Crippen LogP contribution in [0.4, 0.5) is 0 Å². The van der Waals surface area contributed by atoms with Crippen LogP contribution in [0.5, 0.6) is 5.75 Å². The second-order valence-corrected chi connectivity index (χ2v) is 4.31. The van der Waals surface area contributed by atoms with Crippen molar-refractivity contribution in [3.63, 3.8) is 0 Å². The van der Waals surface area contributed by atoms with Gasteiger partial charge in [-0.2, -0.15) is 0 Å². The lowest BCUT2D eigenvalue weighted by atomic mass is 10.1. The largest absolute Gasteiger partial charge is 0.489 e. The molecule has 0 radical (unpaired) electrons. The average molecular weight is 261 g/mol. The van der Waals surface area contributed by atoms with Crippen LogP contribution in [0.3, 0.4) is 0 Å². The van der Waals surface area contributed by atoms with Crippen molar-refractivity contribution >= 4 is 17.9 Å². The number of halogens is 1. The molecule has 2 rings (SSSR count). The minimum atomic E-state index is 0.331. The molecule has 0 aliphatic heterocycles. The third-order valence-corrected chi connectivity index (χ3v) is 2.93. The molecular weight excluding hydrogens is 248 g/mol. The third-order valence-electron chi connectivity index (χ3n) is 2.58. The SMILES string of the molecule is O=CCc1ccc(OCc2ccccc2)cc1Cl. The highest BCUT2D eigenvalue weighted by molar-refractivity contribution is 6.31. The number of aldehydes is 1. The van der Waals surface area contributed by atoms with Crippen molar-refractivity contribution < 1.29 is 9.53 Å². The highest BCUT2D eigenvalue weighted by Gasteiger charge is 2.02. The molecule has 0 bridgehead atoms. The standard InChI is InChI=1S/C15H13ClO2/c16-15-10-14(7-6-13(15)8-9-17)18-11-12-4-2-1-3-5-12/h1-7,9-10H,8,11H2. The van der Waals surface area contributed by atoms with E-state index in [1.54, 1.807) is 6.07 Å². The molecule has 18 heavy (non-hydrogen) atoms. The molecule has 0 spiro atoms. The molecule has 0 atom stereocenters. The zero-order chi connectivity index (χ0) is 12.8. The first-order valence-electron chi connectivity index (χ1n) is 5.68. The molecule has 0 N–H and O–H groups in total. The molecule has 0 saturated heterocycles. The van der Waals surface area contributed by atoms with Crippen molar-refractivity contribution in [2.75, 3.05) is 0 Å². The quantitative estimate of drug-likeness (QED) is 0.767. The summed E-state index contributed by atoms with van der Waals surface area (Å²) in [7, 11) is 0. The summed E-state index contributed by atoms with van der Waals surface area (Å²) in [6, 6.07) is 15.3. The van der Waals surface area contributed by atoms with E-state index in [4.69, 9.17) is 16.3 Å². The van der Waals surface area contributed by atoms with Gasteiger partial charge in [-0.15, -0.1) is 0 Å². The van der Waals surface area contributed by atoms with E-state index in [-0.39, 0.29) is 0 Å². The van der Waals surface area contributed by atoms with Crippen LogP contribution >= 0.6 is 11.6 Å². The van der Waals surface area contributed by atoms with Crippen LogP contribution in [0.1, 0.15) is 11.1 Å². The first-order chi connectivity index (χ1) is 8.79. The summed E-state index contributed by atoms with van der Waals surface area (Å²) in [5.41, 5.74) is 1.92. The molecule has 0 aromatic heterocycles. The Balaban J connectivity index is 2.02. The lowest BCUT2D eigenvalue weighted by molar-refractivity contribution is -0.107. The Morgan fingerprint density at radius 1 is 1.11 bits per heavy atom. The topological polar surface area (TPSA) is 26.3 Å². The van der Waals surface area contributed by atoms with Crippen molar-refractivity contribution in [3.05, 3.63) is 64.7 Å². The van der Waals surface area contributed by atoms with Crippen molar-refractivity contribution in [3.8, 4) is 5.75 Å². The van der Waals surface area contributed by atoms with Gasteiger partial charge in [-0.05, 0) is 23.3 Å². The van der Waals surface area contributed by atoms with Gasteiger partial charge >= 0.3 is 0 Å². The predicted molar refractivity (Wildman–Crippen MR) is 72.0 cm³/mol. The number of rotatable bonds is 5. The molecule has 2 aromatic carbocycles. The molecule has 0 unspecified atom stereocenters. The molecule has 2 aromatic rings. The summed E-state index contributed by atoms with van der Waals surface area (Å²) >= 11 is 6.05. The molecule has 0 heterocycles. The van der Waals surface area contributed by atoms with Crippen LogP contribution in [-0.2, 0) is 17.8 Å². The molecule has 0 fully saturated rings. The van der Waals surface area contributed by atoms with Gasteiger partial charge in [-0.1, -0.05) is 48.0 Å². The number of carbonyl (C=O) groups excluding carboxylic acids is 1. The van der Waals surface area contributed by atoms with Crippen molar-refractivity contribution in [2.24, 2.45) is 0 Å². The van der Waals surface area contributed by atoms with Crippen LogP contribution in [0.2, 0.25) is 5.02 Å². The van der Waals surface area contributed by atoms with Crippen molar-refractivity contribution in [1.29, 1.82) is 0 Å². The fourth-order valence-electron chi connectivity index (χ4n) is 1.61. The number of carbonyl (C=O) groups is 1. The van der Waals surface area contributed by atoms with Gasteiger partial charge in [0.1, 0.15) is 18.6 Å². The van der Waals surface area contributed by atoms with E-state index in [1.807, 2.05) is 42.5 Å². The molecule has 0 aliphatic rings. The summed E-state index contributed by atoms with van der Waals surface area (Å²) in [6.07, 6.45) is 1.17. The Bertz CT molecular complexity index is 523. The molecule has 0 amide bonds. The molecule has 92 valence electrons. The van der Waals surface area contributed by atoms with E-state index in [0.717, 1.165) is 17.4 Å². The molecule has 2 nitrogen and oxygen atoms in total. The minimum absolute atomic E-state index is 0.331. The van der Waals surface area contributed by atoms with E-state index in [2.05, 4.69) is 0 Å². The van der Waals surface area contributed by atoms with Gasteiger partial charge < -0.3 is 9.53 Å². The predicted octanol–water partition coefficient (Wildman–Crippen LogP) is 3.66. The number of hydrogen-bond donors (Lipinski definition) is 0. The maximum absolute atomic E-state index is 10.4. The normalized spacial score (nSPS) is 10.1. The monoisotopic (exact) mass is 260 g/mol. The fraction of sp³-hybridized carbons (Fsp3) is 0.133. The van der Waals surface area contributed by atoms with E-state index < -0.39 is 0 Å². The first kappa shape index (κ1) is 12.7. The maximum atomic E-state index is 10.4. The zero-order valence-electron chi connectivity index (χ0n) is 9.80. The van der Waals surface area contributed by atoms with Crippen molar-refractivity contribution in [1.82, 2.24) is 0 Å². The highest BCUT2D eigenvalue weighted by Crippen LogP contribution is 2.23. The minimum Gasteiger partial charge on any atom is -0.489 e. The smallest absolute Gasteiger partial charge is 0.124 e. The summed E-state index contributed by atoms with van der Waals surface area (Å²) < 4.78 is 5.63. The second kappa shape index (κ2) is 6.22. The van der Waals surface area contributed by atoms with Gasteiger partial charge in [0.2, 0.25) is 0 Å². The van der Waals surface area contributed by atoms with Gasteiger partial charge in [0.15, 0.2) is 0 Å².